The largest absolute Gasteiger partial charge is 0.497 e. The smallest absolute Gasteiger partial charge is 0.326 e. The Morgan fingerprint density at radius 3 is 2.38 bits per heavy atom. The maximum Gasteiger partial charge on any atom is 0.326 e. The number of aliphatic carboxylic acids is 1. The molecule has 2 N–H and O–H groups in total. The third kappa shape index (κ3) is 3.54. The fourth-order valence-corrected chi connectivity index (χ4v) is 2.48. The number of carboxylic acids is 1. The highest BCUT2D eigenvalue weighted by Gasteiger charge is 2.45. The van der Waals surface area contributed by atoms with Gasteiger partial charge in [-0.25, -0.2) is 4.79 Å². The van der Waals surface area contributed by atoms with E-state index in [0.29, 0.717) is 0 Å². The molecular formula is C16H21NO4. The molecule has 1 aliphatic carbocycles. The highest BCUT2D eigenvalue weighted by molar-refractivity contribution is 5.87. The predicted octanol–water partition coefficient (Wildman–Crippen LogP) is 2.02. The Labute approximate surface area is 124 Å². The van der Waals surface area contributed by atoms with E-state index in [4.69, 9.17) is 9.84 Å². The van der Waals surface area contributed by atoms with Gasteiger partial charge in [0, 0.05) is 5.92 Å². The molecule has 1 fully saturated rings. The molecule has 3 unspecified atom stereocenters. The van der Waals surface area contributed by atoms with Gasteiger partial charge in [-0.3, -0.25) is 4.79 Å². The van der Waals surface area contributed by atoms with Gasteiger partial charge in [-0.2, -0.15) is 0 Å². The van der Waals surface area contributed by atoms with Crippen molar-refractivity contribution < 1.29 is 19.4 Å². The summed E-state index contributed by atoms with van der Waals surface area (Å²) in [6, 6.07) is 6.82. The van der Waals surface area contributed by atoms with E-state index in [-0.39, 0.29) is 23.7 Å². The highest BCUT2D eigenvalue weighted by atomic mass is 16.5. The van der Waals surface area contributed by atoms with Crippen molar-refractivity contribution in [3.63, 3.8) is 0 Å². The summed E-state index contributed by atoms with van der Waals surface area (Å²) in [5.41, 5.74) is 1.09. The number of nitrogens with one attached hydrogen (secondary N) is 1. The van der Waals surface area contributed by atoms with Crippen LogP contribution in [0.1, 0.15) is 31.7 Å². The van der Waals surface area contributed by atoms with Crippen LogP contribution in [-0.4, -0.2) is 30.1 Å². The second-order valence-corrected chi connectivity index (χ2v) is 5.79. The Bertz CT molecular complexity index is 524. The van der Waals surface area contributed by atoms with Crippen LogP contribution in [-0.2, 0) is 9.59 Å². The number of methoxy groups -OCH3 is 1. The van der Waals surface area contributed by atoms with E-state index >= 15 is 0 Å². The number of ether oxygens (including phenoxy) is 1. The molecule has 114 valence electrons. The van der Waals surface area contributed by atoms with Gasteiger partial charge in [-0.1, -0.05) is 26.0 Å². The first-order chi connectivity index (χ1) is 9.93. The predicted molar refractivity (Wildman–Crippen MR) is 78.2 cm³/mol. The molecule has 5 heteroatoms. The number of rotatable bonds is 6. The summed E-state index contributed by atoms with van der Waals surface area (Å²) in [6.07, 6.45) is 0.766. The molecule has 21 heavy (non-hydrogen) atoms. The van der Waals surface area contributed by atoms with Crippen LogP contribution in [0.5, 0.6) is 5.75 Å². The summed E-state index contributed by atoms with van der Waals surface area (Å²) in [4.78, 5) is 23.2. The third-order valence-corrected chi connectivity index (χ3v) is 3.90. The Kier molecular flexibility index (Phi) is 4.50. The fourth-order valence-electron chi connectivity index (χ4n) is 2.48. The molecule has 0 heterocycles. The van der Waals surface area contributed by atoms with Crippen molar-refractivity contribution in [1.29, 1.82) is 0 Å². The number of hydrogen-bond donors (Lipinski definition) is 2. The minimum atomic E-state index is -0.986. The van der Waals surface area contributed by atoms with Crippen LogP contribution >= 0.6 is 0 Å². The number of amides is 1. The van der Waals surface area contributed by atoms with Crippen molar-refractivity contribution in [3.8, 4) is 5.75 Å². The van der Waals surface area contributed by atoms with Gasteiger partial charge in [0.05, 0.1) is 7.11 Å². The zero-order chi connectivity index (χ0) is 15.6. The van der Waals surface area contributed by atoms with Gasteiger partial charge in [0.2, 0.25) is 5.91 Å². The quantitative estimate of drug-likeness (QED) is 0.841. The Balaban J connectivity index is 1.95. The molecule has 0 aliphatic heterocycles. The maximum absolute atomic E-state index is 12.1. The molecule has 1 aliphatic rings. The van der Waals surface area contributed by atoms with E-state index in [9.17, 15) is 9.59 Å². The molecule has 1 aromatic rings. The molecule has 3 atom stereocenters. The van der Waals surface area contributed by atoms with E-state index in [1.807, 2.05) is 24.3 Å². The van der Waals surface area contributed by atoms with Crippen molar-refractivity contribution in [1.82, 2.24) is 5.32 Å². The zero-order valence-corrected chi connectivity index (χ0v) is 12.5. The van der Waals surface area contributed by atoms with Crippen LogP contribution in [0.2, 0.25) is 0 Å². The highest BCUT2D eigenvalue weighted by Crippen LogP contribution is 2.47. The summed E-state index contributed by atoms with van der Waals surface area (Å²) in [5, 5.41) is 11.7. The van der Waals surface area contributed by atoms with Crippen molar-refractivity contribution in [2.24, 2.45) is 11.8 Å². The Morgan fingerprint density at radius 2 is 1.90 bits per heavy atom. The van der Waals surface area contributed by atoms with Gasteiger partial charge in [-0.15, -0.1) is 0 Å². The van der Waals surface area contributed by atoms with Crippen LogP contribution < -0.4 is 10.1 Å². The average Bonchev–Trinajstić information content (AvgIpc) is 3.24. The van der Waals surface area contributed by atoms with Crippen LogP contribution in [0.15, 0.2) is 24.3 Å². The lowest BCUT2D eigenvalue weighted by Gasteiger charge is -2.17. The van der Waals surface area contributed by atoms with E-state index in [1.165, 1.54) is 0 Å². The first-order valence-corrected chi connectivity index (χ1v) is 7.11. The minimum Gasteiger partial charge on any atom is -0.497 e. The molecule has 0 aromatic heterocycles. The summed E-state index contributed by atoms with van der Waals surface area (Å²) in [6.45, 7) is 3.57. The summed E-state index contributed by atoms with van der Waals surface area (Å²) in [7, 11) is 1.61. The van der Waals surface area contributed by atoms with E-state index in [0.717, 1.165) is 17.7 Å². The van der Waals surface area contributed by atoms with Gasteiger partial charge in [0.25, 0.3) is 0 Å². The number of carbonyl (C=O) groups excluding carboxylic acids is 1. The first kappa shape index (κ1) is 15.4. The average molecular weight is 291 g/mol. The normalized spacial score (nSPS) is 21.7. The maximum atomic E-state index is 12.1. The van der Waals surface area contributed by atoms with Crippen LogP contribution in [0.25, 0.3) is 0 Å². The number of carbonyl (C=O) groups is 2. The van der Waals surface area contributed by atoms with Gasteiger partial charge in [0.15, 0.2) is 0 Å². The molecule has 0 spiro atoms. The first-order valence-electron chi connectivity index (χ1n) is 7.11. The van der Waals surface area contributed by atoms with E-state index in [1.54, 1.807) is 21.0 Å². The monoisotopic (exact) mass is 291 g/mol. The number of hydrogen-bond acceptors (Lipinski definition) is 3. The lowest BCUT2D eigenvalue weighted by Crippen LogP contribution is -2.45. The van der Waals surface area contributed by atoms with E-state index in [2.05, 4.69) is 5.32 Å². The lowest BCUT2D eigenvalue weighted by molar-refractivity contribution is -0.143. The van der Waals surface area contributed by atoms with Gasteiger partial charge in [0.1, 0.15) is 11.8 Å². The van der Waals surface area contributed by atoms with Crippen molar-refractivity contribution in [3.05, 3.63) is 29.8 Å². The van der Waals surface area contributed by atoms with Crippen molar-refractivity contribution in [2.45, 2.75) is 32.2 Å². The standard InChI is InChI=1S/C16H21NO4/c1-9(2)14(16(19)20)17-15(18)13-8-12(13)10-4-6-11(21-3)7-5-10/h4-7,9,12-14H,8H2,1-3H3,(H,17,18)(H,19,20). The molecule has 0 bridgehead atoms. The van der Waals surface area contributed by atoms with E-state index < -0.39 is 12.0 Å². The lowest BCUT2D eigenvalue weighted by atomic mass is 10.0. The second-order valence-electron chi connectivity index (χ2n) is 5.79. The topological polar surface area (TPSA) is 75.6 Å². The molecule has 1 aromatic carbocycles. The summed E-state index contributed by atoms with van der Waals surface area (Å²) >= 11 is 0. The third-order valence-electron chi connectivity index (χ3n) is 3.90. The fraction of sp³-hybridized carbons (Fsp3) is 0.500. The summed E-state index contributed by atoms with van der Waals surface area (Å²) < 4.78 is 5.10. The van der Waals surface area contributed by atoms with Crippen LogP contribution in [0.3, 0.4) is 0 Å². The number of carboxylic acid groups (broad SMARTS) is 1. The molecule has 1 amide bonds. The van der Waals surface area contributed by atoms with Crippen LogP contribution in [0, 0.1) is 11.8 Å². The minimum absolute atomic E-state index is 0.126. The molecule has 2 rings (SSSR count). The zero-order valence-electron chi connectivity index (χ0n) is 12.5. The molecular weight excluding hydrogens is 270 g/mol. The molecule has 0 radical (unpaired) electrons. The summed E-state index contributed by atoms with van der Waals surface area (Å²) in [5.74, 6) is -0.454. The Hall–Kier alpha value is -2.04. The molecule has 5 nitrogen and oxygen atoms in total. The van der Waals surface area contributed by atoms with Gasteiger partial charge >= 0.3 is 5.97 Å². The Morgan fingerprint density at radius 1 is 1.29 bits per heavy atom. The molecule has 1 saturated carbocycles. The van der Waals surface area contributed by atoms with Crippen LogP contribution in [0.4, 0.5) is 0 Å². The van der Waals surface area contributed by atoms with Crippen molar-refractivity contribution >= 4 is 11.9 Å². The van der Waals surface area contributed by atoms with Crippen molar-refractivity contribution in [2.75, 3.05) is 7.11 Å². The number of benzene rings is 1. The molecule has 0 saturated heterocycles. The van der Waals surface area contributed by atoms with Gasteiger partial charge < -0.3 is 15.2 Å². The van der Waals surface area contributed by atoms with Gasteiger partial charge in [-0.05, 0) is 36.0 Å². The SMILES string of the molecule is COc1ccc(C2CC2C(=O)NC(C(=O)O)C(C)C)cc1. The second kappa shape index (κ2) is 6.16.